The number of amides is 2. The Bertz CT molecular complexity index is 1770. The van der Waals surface area contributed by atoms with Gasteiger partial charge < -0.3 is 14.5 Å². The van der Waals surface area contributed by atoms with E-state index in [1.807, 2.05) is 41.9 Å². The summed E-state index contributed by atoms with van der Waals surface area (Å²) in [4.78, 5) is 46.1. The van der Waals surface area contributed by atoms with Crippen LogP contribution in [0.1, 0.15) is 42.5 Å². The third kappa shape index (κ3) is 3.32. The minimum Gasteiger partial charge on any atom is -0.360 e. The normalized spacial score (nSPS) is 15.9. The first-order chi connectivity index (χ1) is 18.0. The number of anilines is 1. The Kier molecular flexibility index (Phi) is 4.80. The maximum absolute atomic E-state index is 13.2. The third-order valence-corrected chi connectivity index (χ3v) is 7.97. The van der Waals surface area contributed by atoms with Crippen LogP contribution in [0.5, 0.6) is 0 Å². The number of benzene rings is 1. The largest absolute Gasteiger partial charge is 0.360 e. The minimum absolute atomic E-state index is 0.281. The van der Waals surface area contributed by atoms with E-state index in [0.717, 1.165) is 39.2 Å². The van der Waals surface area contributed by atoms with E-state index in [1.165, 1.54) is 11.3 Å². The third-order valence-electron chi connectivity index (χ3n) is 7.03. The van der Waals surface area contributed by atoms with E-state index >= 15 is 0 Å². The second-order valence-electron chi connectivity index (χ2n) is 9.62. The van der Waals surface area contributed by atoms with Crippen LogP contribution >= 0.6 is 11.3 Å². The van der Waals surface area contributed by atoms with Gasteiger partial charge in [0.25, 0.3) is 11.8 Å². The Morgan fingerprint density at radius 1 is 1.03 bits per heavy atom. The van der Waals surface area contributed by atoms with Gasteiger partial charge in [-0.25, -0.2) is 15.0 Å². The standard InChI is InChI=1S/C27H23N7O2S/c1-14(2)24-29-11-15-13-33(8-9-34(15)24)27-30-18-6-4-3-5-16(18)22(31-27)21-20(25(35)32-26(21)36)17-12-28-19-7-10-37-23(17)19/h3-7,10-12,14,28H,8-9,13H2,1-2H3,(H,32,35,36). The van der Waals surface area contributed by atoms with Crippen molar-refractivity contribution in [2.45, 2.75) is 32.9 Å². The lowest BCUT2D eigenvalue weighted by atomic mass is 9.99. The van der Waals surface area contributed by atoms with Gasteiger partial charge in [0.05, 0.1) is 51.0 Å². The summed E-state index contributed by atoms with van der Waals surface area (Å²) in [6.45, 7) is 6.40. The van der Waals surface area contributed by atoms with Gasteiger partial charge in [-0.1, -0.05) is 32.0 Å². The molecule has 7 rings (SSSR count). The highest BCUT2D eigenvalue weighted by Crippen LogP contribution is 2.38. The van der Waals surface area contributed by atoms with Gasteiger partial charge in [0.15, 0.2) is 0 Å². The van der Waals surface area contributed by atoms with Crippen molar-refractivity contribution in [3.63, 3.8) is 0 Å². The van der Waals surface area contributed by atoms with Crippen molar-refractivity contribution in [2.75, 3.05) is 11.4 Å². The smallest absolute Gasteiger partial charge is 0.261 e. The summed E-state index contributed by atoms with van der Waals surface area (Å²) in [6.07, 6.45) is 3.71. The van der Waals surface area contributed by atoms with Crippen LogP contribution in [0.25, 0.3) is 32.3 Å². The van der Waals surface area contributed by atoms with Crippen molar-refractivity contribution in [1.29, 1.82) is 0 Å². The number of nitrogens with zero attached hydrogens (tertiary/aromatic N) is 5. The molecule has 0 saturated carbocycles. The van der Waals surface area contributed by atoms with Crippen molar-refractivity contribution < 1.29 is 9.59 Å². The van der Waals surface area contributed by atoms with E-state index in [4.69, 9.17) is 9.97 Å². The second kappa shape index (κ2) is 8.10. The van der Waals surface area contributed by atoms with Crippen molar-refractivity contribution in [2.24, 2.45) is 0 Å². The number of H-pyrrole nitrogens is 1. The minimum atomic E-state index is -0.445. The van der Waals surface area contributed by atoms with Crippen LogP contribution in [0.4, 0.5) is 5.95 Å². The molecule has 0 saturated heterocycles. The summed E-state index contributed by atoms with van der Waals surface area (Å²) < 4.78 is 3.20. The van der Waals surface area contributed by atoms with E-state index < -0.39 is 11.8 Å². The van der Waals surface area contributed by atoms with Crippen molar-refractivity contribution in [3.05, 3.63) is 70.9 Å². The van der Waals surface area contributed by atoms with Crippen LogP contribution in [0.15, 0.2) is 48.1 Å². The Labute approximate surface area is 215 Å². The molecule has 0 unspecified atom stereocenters. The highest BCUT2D eigenvalue weighted by Gasteiger charge is 2.36. The number of nitrogens with one attached hydrogen (secondary N) is 2. The van der Waals surface area contributed by atoms with Crippen molar-refractivity contribution in [1.82, 2.24) is 29.8 Å². The van der Waals surface area contributed by atoms with Gasteiger partial charge in [-0.3, -0.25) is 14.9 Å². The van der Waals surface area contributed by atoms with Gasteiger partial charge in [-0.05, 0) is 17.5 Å². The fraction of sp³-hybridized carbons (Fsp3) is 0.222. The molecule has 2 aliphatic rings. The SMILES string of the molecule is CC(C)c1ncc2n1CCN(c1nc(C3=C(c4c[nH]c5ccsc45)C(=O)NC3=O)c3ccccc3n1)C2. The van der Waals surface area contributed by atoms with E-state index in [0.29, 0.717) is 41.8 Å². The molecule has 2 amide bonds. The average molecular weight is 510 g/mol. The monoisotopic (exact) mass is 509 g/mol. The van der Waals surface area contributed by atoms with Crippen molar-refractivity contribution >= 4 is 61.4 Å². The molecule has 0 fully saturated rings. The molecule has 10 heteroatoms. The molecule has 2 aliphatic heterocycles. The highest BCUT2D eigenvalue weighted by atomic mass is 32.1. The molecule has 2 N–H and O–H groups in total. The van der Waals surface area contributed by atoms with Crippen LogP contribution in [-0.4, -0.2) is 42.9 Å². The molecular weight excluding hydrogens is 486 g/mol. The van der Waals surface area contributed by atoms with Crippen molar-refractivity contribution in [3.8, 4) is 0 Å². The Morgan fingerprint density at radius 3 is 2.73 bits per heavy atom. The number of aromatic amines is 1. The molecule has 1 aromatic carbocycles. The number of hydrogen-bond acceptors (Lipinski definition) is 7. The number of rotatable bonds is 4. The first-order valence-corrected chi connectivity index (χ1v) is 13.1. The van der Waals surface area contributed by atoms with E-state index in [9.17, 15) is 9.59 Å². The van der Waals surface area contributed by atoms with E-state index in [1.54, 1.807) is 6.20 Å². The molecule has 6 heterocycles. The zero-order chi connectivity index (χ0) is 25.3. The molecule has 4 aromatic heterocycles. The number of para-hydroxylation sites is 1. The van der Waals surface area contributed by atoms with Gasteiger partial charge >= 0.3 is 0 Å². The first-order valence-electron chi connectivity index (χ1n) is 12.2. The Morgan fingerprint density at radius 2 is 1.86 bits per heavy atom. The lowest BCUT2D eigenvalue weighted by Crippen LogP contribution is -2.35. The molecule has 0 bridgehead atoms. The van der Waals surface area contributed by atoms with Crippen LogP contribution in [0.2, 0.25) is 0 Å². The predicted octanol–water partition coefficient (Wildman–Crippen LogP) is 4.08. The molecule has 184 valence electrons. The molecule has 0 atom stereocenters. The quantitative estimate of drug-likeness (QED) is 0.354. The fourth-order valence-electron chi connectivity index (χ4n) is 5.31. The maximum atomic E-state index is 13.2. The van der Waals surface area contributed by atoms with E-state index in [-0.39, 0.29) is 5.57 Å². The van der Waals surface area contributed by atoms with Crippen LogP contribution in [0.3, 0.4) is 0 Å². The number of hydrogen-bond donors (Lipinski definition) is 2. The molecule has 9 nitrogen and oxygen atoms in total. The summed E-state index contributed by atoms with van der Waals surface area (Å²) in [5.74, 6) is 1.09. The van der Waals surface area contributed by atoms with E-state index in [2.05, 4.69) is 38.6 Å². The van der Waals surface area contributed by atoms with Gasteiger partial charge in [0.2, 0.25) is 5.95 Å². The topological polar surface area (TPSA) is 109 Å². The molecule has 0 aliphatic carbocycles. The lowest BCUT2D eigenvalue weighted by molar-refractivity contribution is -0.122. The summed E-state index contributed by atoms with van der Waals surface area (Å²) in [5, 5.41) is 5.19. The summed E-state index contributed by atoms with van der Waals surface area (Å²) in [7, 11) is 0. The summed E-state index contributed by atoms with van der Waals surface area (Å²) >= 11 is 1.53. The molecular formula is C27H23N7O2S. The van der Waals surface area contributed by atoms with Crippen LogP contribution < -0.4 is 10.2 Å². The second-order valence-corrected chi connectivity index (χ2v) is 10.5. The number of carbonyl (C=O) groups is 2. The van der Waals surface area contributed by atoms with Gasteiger partial charge in [0.1, 0.15) is 5.82 Å². The van der Waals surface area contributed by atoms with Gasteiger partial charge in [-0.15, -0.1) is 11.3 Å². The highest BCUT2D eigenvalue weighted by molar-refractivity contribution is 7.17. The molecule has 37 heavy (non-hydrogen) atoms. The van der Waals surface area contributed by atoms with Crippen LogP contribution in [-0.2, 0) is 22.7 Å². The number of imide groups is 1. The van der Waals surface area contributed by atoms with Gasteiger partial charge in [-0.2, -0.15) is 0 Å². The van der Waals surface area contributed by atoms with Gasteiger partial charge in [0, 0.05) is 36.2 Å². The zero-order valence-corrected chi connectivity index (χ0v) is 21.1. The average Bonchev–Trinajstić information content (AvgIpc) is 3.66. The molecule has 0 radical (unpaired) electrons. The Balaban J connectivity index is 1.41. The Hall–Kier alpha value is -4.31. The number of imidazole rings is 1. The molecule has 0 spiro atoms. The first kappa shape index (κ1) is 21.9. The lowest BCUT2D eigenvalue weighted by Gasteiger charge is -2.30. The fourth-order valence-corrected chi connectivity index (χ4v) is 6.19. The number of fused-ring (bicyclic) bond motifs is 3. The number of aromatic nitrogens is 5. The maximum Gasteiger partial charge on any atom is 0.261 e. The zero-order valence-electron chi connectivity index (χ0n) is 20.3. The number of carbonyl (C=O) groups excluding carboxylic acids is 2. The molecule has 5 aromatic rings. The summed E-state index contributed by atoms with van der Waals surface area (Å²) in [5.41, 5.74) is 4.55. The van der Waals surface area contributed by atoms with Crippen LogP contribution in [0, 0.1) is 0 Å². The predicted molar refractivity (Wildman–Crippen MR) is 143 cm³/mol. The number of thiophene rings is 1. The summed E-state index contributed by atoms with van der Waals surface area (Å²) in [6, 6.07) is 9.58.